The minimum Gasteiger partial charge on any atom is -0.464 e. The fraction of sp³-hybridized carbons (Fsp3) is 0.143. The van der Waals surface area contributed by atoms with Crippen molar-refractivity contribution in [2.45, 2.75) is 6.92 Å². The van der Waals surface area contributed by atoms with Crippen molar-refractivity contribution in [3.8, 4) is 0 Å². The van der Waals surface area contributed by atoms with Crippen molar-refractivity contribution in [3.63, 3.8) is 0 Å². The van der Waals surface area contributed by atoms with Crippen molar-refractivity contribution >= 4 is 28.0 Å². The molecule has 1 heterocycles. The van der Waals surface area contributed by atoms with Gasteiger partial charge in [-0.05, 0) is 23.9 Å². The van der Waals surface area contributed by atoms with Crippen LogP contribution in [-0.2, 0) is 4.74 Å². The lowest BCUT2D eigenvalue weighted by Gasteiger charge is -2.11. The summed E-state index contributed by atoms with van der Waals surface area (Å²) in [5.74, 6) is -0.475. The average molecular weight is 242 g/mol. The zero-order chi connectivity index (χ0) is 13.3. The molecule has 0 bridgehead atoms. The normalized spacial score (nSPS) is 10.3. The highest BCUT2D eigenvalue weighted by atomic mass is 16.5. The smallest absolute Gasteiger partial charge is 0.357 e. The number of carbonyl (C=O) groups excluding carboxylic acids is 1. The Bertz CT molecular complexity index is 648. The number of allylic oxidation sites excluding steroid dienone is 1. The van der Waals surface area contributed by atoms with Crippen LogP contribution in [0.3, 0.4) is 0 Å². The number of ether oxygens (including phenoxy) is 1. The van der Waals surface area contributed by atoms with E-state index < -0.39 is 5.97 Å². The SMILES string of the molecule is C=C(C)c1c(C(=O)OC)ncc2c(N)cccc12. The second kappa shape index (κ2) is 4.49. The van der Waals surface area contributed by atoms with Crippen molar-refractivity contribution in [2.24, 2.45) is 0 Å². The number of nitrogen functional groups attached to an aromatic ring is 1. The molecule has 0 unspecified atom stereocenters. The molecule has 0 saturated carbocycles. The minimum absolute atomic E-state index is 0.267. The van der Waals surface area contributed by atoms with Crippen LogP contribution >= 0.6 is 0 Å². The van der Waals surface area contributed by atoms with Gasteiger partial charge in [0.15, 0.2) is 5.69 Å². The van der Waals surface area contributed by atoms with Gasteiger partial charge in [0.25, 0.3) is 0 Å². The van der Waals surface area contributed by atoms with E-state index in [1.807, 2.05) is 19.1 Å². The fourth-order valence-corrected chi connectivity index (χ4v) is 1.95. The first-order valence-corrected chi connectivity index (χ1v) is 5.47. The van der Waals surface area contributed by atoms with Gasteiger partial charge in [-0.1, -0.05) is 18.7 Å². The summed E-state index contributed by atoms with van der Waals surface area (Å²) in [6.45, 7) is 5.72. The summed E-state index contributed by atoms with van der Waals surface area (Å²) in [7, 11) is 1.33. The van der Waals surface area contributed by atoms with Crippen LogP contribution in [0.25, 0.3) is 16.3 Å². The number of hydrogen-bond donors (Lipinski definition) is 1. The Morgan fingerprint density at radius 2 is 2.11 bits per heavy atom. The number of carbonyl (C=O) groups is 1. The van der Waals surface area contributed by atoms with Gasteiger partial charge < -0.3 is 10.5 Å². The molecule has 1 aromatic heterocycles. The summed E-state index contributed by atoms with van der Waals surface area (Å²) in [6.07, 6.45) is 1.59. The van der Waals surface area contributed by atoms with Gasteiger partial charge in [0.1, 0.15) is 0 Å². The summed E-state index contributed by atoms with van der Waals surface area (Å²) in [6, 6.07) is 5.53. The zero-order valence-corrected chi connectivity index (χ0v) is 10.4. The number of nitrogens with zero attached hydrogens (tertiary/aromatic N) is 1. The third-order valence-corrected chi connectivity index (χ3v) is 2.77. The molecule has 0 spiro atoms. The topological polar surface area (TPSA) is 65.2 Å². The molecule has 2 aromatic rings. The van der Waals surface area contributed by atoms with E-state index in [9.17, 15) is 4.79 Å². The summed E-state index contributed by atoms with van der Waals surface area (Å²) in [5, 5.41) is 1.67. The van der Waals surface area contributed by atoms with E-state index >= 15 is 0 Å². The van der Waals surface area contributed by atoms with Crippen molar-refractivity contribution < 1.29 is 9.53 Å². The van der Waals surface area contributed by atoms with Crippen molar-refractivity contribution in [1.82, 2.24) is 4.98 Å². The Hall–Kier alpha value is -2.36. The van der Waals surface area contributed by atoms with Crippen LogP contribution in [-0.4, -0.2) is 18.1 Å². The number of hydrogen-bond acceptors (Lipinski definition) is 4. The van der Waals surface area contributed by atoms with Crippen molar-refractivity contribution in [2.75, 3.05) is 12.8 Å². The molecule has 0 amide bonds. The van der Waals surface area contributed by atoms with Crippen LogP contribution in [0.5, 0.6) is 0 Å². The minimum atomic E-state index is -0.475. The molecule has 0 aliphatic rings. The number of fused-ring (bicyclic) bond motifs is 1. The molecule has 2 N–H and O–H groups in total. The molecule has 0 saturated heterocycles. The van der Waals surface area contributed by atoms with Crippen molar-refractivity contribution in [1.29, 1.82) is 0 Å². The predicted molar refractivity (Wildman–Crippen MR) is 72.2 cm³/mol. The van der Waals surface area contributed by atoms with E-state index in [4.69, 9.17) is 10.5 Å². The van der Waals surface area contributed by atoms with Gasteiger partial charge in [-0.2, -0.15) is 0 Å². The van der Waals surface area contributed by atoms with E-state index in [0.29, 0.717) is 11.3 Å². The largest absolute Gasteiger partial charge is 0.464 e. The highest BCUT2D eigenvalue weighted by Crippen LogP contribution is 2.29. The van der Waals surface area contributed by atoms with Crippen LogP contribution in [0.2, 0.25) is 0 Å². The number of anilines is 1. The maximum atomic E-state index is 11.7. The maximum absolute atomic E-state index is 11.7. The molecule has 0 aliphatic carbocycles. The van der Waals surface area contributed by atoms with Crippen LogP contribution in [0.4, 0.5) is 5.69 Å². The fourth-order valence-electron chi connectivity index (χ4n) is 1.95. The second-order valence-electron chi connectivity index (χ2n) is 4.06. The molecule has 2 rings (SSSR count). The monoisotopic (exact) mass is 242 g/mol. The highest BCUT2D eigenvalue weighted by molar-refractivity contribution is 6.05. The van der Waals surface area contributed by atoms with E-state index in [0.717, 1.165) is 16.3 Å². The lowest BCUT2D eigenvalue weighted by atomic mass is 9.98. The lowest BCUT2D eigenvalue weighted by Crippen LogP contribution is -2.08. The van der Waals surface area contributed by atoms with Gasteiger partial charge in [0, 0.05) is 22.8 Å². The van der Waals surface area contributed by atoms with Gasteiger partial charge in [-0.15, -0.1) is 0 Å². The summed E-state index contributed by atoms with van der Waals surface area (Å²) in [4.78, 5) is 15.9. The van der Waals surface area contributed by atoms with Crippen LogP contribution in [0.1, 0.15) is 23.0 Å². The van der Waals surface area contributed by atoms with Gasteiger partial charge in [0.2, 0.25) is 0 Å². The molecule has 0 fully saturated rings. The summed E-state index contributed by atoms with van der Waals surface area (Å²) in [5.41, 5.74) is 8.22. The Kier molecular flexibility index (Phi) is 3.02. The molecule has 0 aliphatic heterocycles. The van der Waals surface area contributed by atoms with Crippen LogP contribution < -0.4 is 5.73 Å². The van der Waals surface area contributed by atoms with Crippen LogP contribution in [0.15, 0.2) is 31.0 Å². The molecule has 4 heteroatoms. The molecule has 18 heavy (non-hydrogen) atoms. The first-order valence-electron chi connectivity index (χ1n) is 5.47. The Morgan fingerprint density at radius 3 is 2.72 bits per heavy atom. The zero-order valence-electron chi connectivity index (χ0n) is 10.4. The van der Waals surface area contributed by atoms with Crippen molar-refractivity contribution in [3.05, 3.63) is 42.2 Å². The van der Waals surface area contributed by atoms with Crippen LogP contribution in [0, 0.1) is 0 Å². The Balaban J connectivity index is 2.87. The first kappa shape index (κ1) is 12.1. The second-order valence-corrected chi connectivity index (χ2v) is 4.06. The third-order valence-electron chi connectivity index (χ3n) is 2.77. The Labute approximate surface area is 105 Å². The predicted octanol–water partition coefficient (Wildman–Crippen LogP) is 2.64. The molecule has 1 aromatic carbocycles. The highest BCUT2D eigenvalue weighted by Gasteiger charge is 2.17. The standard InChI is InChI=1S/C14H14N2O2/c1-8(2)12-9-5-4-6-11(15)10(9)7-16-13(12)14(17)18-3/h4-7H,1,15H2,2-3H3. The summed E-state index contributed by atoms with van der Waals surface area (Å²) < 4.78 is 4.73. The number of methoxy groups -OCH3 is 1. The van der Waals surface area contributed by atoms with E-state index in [2.05, 4.69) is 11.6 Å². The molecular weight excluding hydrogens is 228 g/mol. The average Bonchev–Trinajstić information content (AvgIpc) is 2.36. The van der Waals surface area contributed by atoms with E-state index in [1.165, 1.54) is 7.11 Å². The summed E-state index contributed by atoms with van der Waals surface area (Å²) >= 11 is 0. The number of nitrogens with two attached hydrogens (primary N) is 1. The van der Waals surface area contributed by atoms with E-state index in [1.54, 1.807) is 12.3 Å². The van der Waals surface area contributed by atoms with E-state index in [-0.39, 0.29) is 5.69 Å². The Morgan fingerprint density at radius 1 is 1.39 bits per heavy atom. The quantitative estimate of drug-likeness (QED) is 0.649. The molecule has 92 valence electrons. The number of rotatable bonds is 2. The third kappa shape index (κ3) is 1.82. The van der Waals surface area contributed by atoms with Gasteiger partial charge in [-0.3, -0.25) is 0 Å². The first-order chi connectivity index (χ1) is 8.56. The van der Waals surface area contributed by atoms with Gasteiger partial charge in [0.05, 0.1) is 7.11 Å². The number of esters is 1. The molecule has 4 nitrogen and oxygen atoms in total. The lowest BCUT2D eigenvalue weighted by molar-refractivity contribution is 0.0594. The van der Waals surface area contributed by atoms with Gasteiger partial charge in [-0.25, -0.2) is 9.78 Å². The molecular formula is C14H14N2O2. The van der Waals surface area contributed by atoms with Gasteiger partial charge >= 0.3 is 5.97 Å². The number of benzene rings is 1. The maximum Gasteiger partial charge on any atom is 0.357 e. The number of aromatic nitrogens is 1. The molecule has 0 radical (unpaired) electrons. The number of pyridine rings is 1. The molecule has 0 atom stereocenters.